The number of rotatable bonds is 6. The zero-order valence-corrected chi connectivity index (χ0v) is 15.4. The molecule has 0 atom stereocenters. The lowest BCUT2D eigenvalue weighted by atomic mass is 9.99. The molecule has 0 spiro atoms. The van der Waals surface area contributed by atoms with Crippen LogP contribution in [0.15, 0.2) is 36.5 Å². The summed E-state index contributed by atoms with van der Waals surface area (Å²) in [6.45, 7) is 10.0. The molecule has 3 aromatic rings. The van der Waals surface area contributed by atoms with Gasteiger partial charge in [-0.15, -0.1) is 0 Å². The SMILES string of the molecule is CCCCn1c(C)c(CCC)c2cccc(-c3cccnc3C)c21. The van der Waals surface area contributed by atoms with Crippen LogP contribution < -0.4 is 0 Å². The molecule has 0 saturated heterocycles. The predicted molar refractivity (Wildman–Crippen MR) is 104 cm³/mol. The van der Waals surface area contributed by atoms with Crippen molar-refractivity contribution in [3.63, 3.8) is 0 Å². The first-order valence-electron chi connectivity index (χ1n) is 9.21. The van der Waals surface area contributed by atoms with Gasteiger partial charge in [0.05, 0.1) is 5.52 Å². The number of aromatic nitrogens is 2. The lowest BCUT2D eigenvalue weighted by Crippen LogP contribution is -2.02. The van der Waals surface area contributed by atoms with Crippen molar-refractivity contribution in [2.24, 2.45) is 0 Å². The van der Waals surface area contributed by atoms with Gasteiger partial charge in [0, 0.05) is 40.6 Å². The molecule has 2 aromatic heterocycles. The number of hydrogen-bond donors (Lipinski definition) is 0. The Morgan fingerprint density at radius 3 is 2.46 bits per heavy atom. The average Bonchev–Trinajstić information content (AvgIpc) is 2.86. The van der Waals surface area contributed by atoms with E-state index in [2.05, 4.69) is 61.5 Å². The molecule has 2 heterocycles. The Kier molecular flexibility index (Phi) is 5.03. The van der Waals surface area contributed by atoms with Crippen LogP contribution in [0, 0.1) is 13.8 Å². The summed E-state index contributed by atoms with van der Waals surface area (Å²) in [6, 6.07) is 11.0. The number of hydrogen-bond acceptors (Lipinski definition) is 1. The molecular formula is C22H28N2. The highest BCUT2D eigenvalue weighted by atomic mass is 15.0. The number of unbranched alkanes of at least 4 members (excludes halogenated alkanes) is 1. The van der Waals surface area contributed by atoms with E-state index in [0.29, 0.717) is 0 Å². The largest absolute Gasteiger partial charge is 0.344 e. The summed E-state index contributed by atoms with van der Waals surface area (Å²) in [5.74, 6) is 0. The molecule has 24 heavy (non-hydrogen) atoms. The second kappa shape index (κ2) is 7.21. The van der Waals surface area contributed by atoms with Gasteiger partial charge in [-0.3, -0.25) is 4.98 Å². The molecule has 0 amide bonds. The number of para-hydroxylation sites is 1. The molecule has 0 saturated carbocycles. The standard InChI is InChI=1S/C22H28N2/c1-5-7-15-24-17(4)19(10-6-2)21-12-8-11-20(22(21)24)18-13-9-14-23-16(18)3/h8-9,11-14H,5-7,10,15H2,1-4H3. The summed E-state index contributed by atoms with van der Waals surface area (Å²) in [6.07, 6.45) is 6.65. The highest BCUT2D eigenvalue weighted by Gasteiger charge is 2.17. The van der Waals surface area contributed by atoms with Crippen LogP contribution in [0.3, 0.4) is 0 Å². The van der Waals surface area contributed by atoms with Gasteiger partial charge in [-0.1, -0.05) is 51.0 Å². The second-order valence-corrected chi connectivity index (χ2v) is 6.66. The monoisotopic (exact) mass is 320 g/mol. The number of aryl methyl sites for hydroxylation is 3. The van der Waals surface area contributed by atoms with Gasteiger partial charge >= 0.3 is 0 Å². The van der Waals surface area contributed by atoms with Crippen molar-refractivity contribution in [2.75, 3.05) is 0 Å². The molecule has 0 N–H and O–H groups in total. The zero-order valence-electron chi connectivity index (χ0n) is 15.4. The van der Waals surface area contributed by atoms with Crippen molar-refractivity contribution in [2.45, 2.75) is 59.9 Å². The third kappa shape index (κ3) is 2.86. The van der Waals surface area contributed by atoms with Gasteiger partial charge in [0.25, 0.3) is 0 Å². The summed E-state index contributed by atoms with van der Waals surface area (Å²) in [7, 11) is 0. The molecule has 1 aromatic carbocycles. The van der Waals surface area contributed by atoms with Gasteiger partial charge in [-0.25, -0.2) is 0 Å². The molecule has 126 valence electrons. The maximum atomic E-state index is 4.51. The molecule has 3 rings (SSSR count). The van der Waals surface area contributed by atoms with Gasteiger partial charge in [0.2, 0.25) is 0 Å². The minimum atomic E-state index is 1.10. The summed E-state index contributed by atoms with van der Waals surface area (Å²) in [4.78, 5) is 4.51. The molecule has 0 radical (unpaired) electrons. The quantitative estimate of drug-likeness (QED) is 0.538. The fourth-order valence-corrected chi connectivity index (χ4v) is 3.75. The summed E-state index contributed by atoms with van der Waals surface area (Å²) >= 11 is 0. The first kappa shape index (κ1) is 16.8. The van der Waals surface area contributed by atoms with Gasteiger partial charge in [-0.2, -0.15) is 0 Å². The van der Waals surface area contributed by atoms with E-state index in [1.165, 1.54) is 52.5 Å². The van der Waals surface area contributed by atoms with Crippen LogP contribution in [0.2, 0.25) is 0 Å². The molecule has 0 bridgehead atoms. The Balaban J connectivity index is 2.31. The van der Waals surface area contributed by atoms with Crippen LogP contribution >= 0.6 is 0 Å². The Morgan fingerprint density at radius 2 is 1.75 bits per heavy atom. The lowest BCUT2D eigenvalue weighted by Gasteiger charge is -2.12. The van der Waals surface area contributed by atoms with Crippen LogP contribution in [-0.2, 0) is 13.0 Å². The van der Waals surface area contributed by atoms with E-state index in [9.17, 15) is 0 Å². The smallest absolute Gasteiger partial charge is 0.0565 e. The summed E-state index contributed by atoms with van der Waals surface area (Å²) in [5.41, 5.74) is 8.02. The third-order valence-corrected chi connectivity index (χ3v) is 5.01. The van der Waals surface area contributed by atoms with Gasteiger partial charge in [0.15, 0.2) is 0 Å². The van der Waals surface area contributed by atoms with E-state index in [-0.39, 0.29) is 0 Å². The maximum absolute atomic E-state index is 4.51. The molecule has 0 aliphatic rings. The molecular weight excluding hydrogens is 292 g/mol. The summed E-state index contributed by atoms with van der Waals surface area (Å²) < 4.78 is 2.55. The minimum absolute atomic E-state index is 1.10. The summed E-state index contributed by atoms with van der Waals surface area (Å²) in [5, 5.41) is 1.42. The molecule has 0 fully saturated rings. The number of pyridine rings is 1. The van der Waals surface area contributed by atoms with Crippen LogP contribution in [0.5, 0.6) is 0 Å². The Hall–Kier alpha value is -2.09. The van der Waals surface area contributed by atoms with Crippen molar-refractivity contribution < 1.29 is 0 Å². The topological polar surface area (TPSA) is 17.8 Å². The van der Waals surface area contributed by atoms with Gasteiger partial charge < -0.3 is 4.57 Å². The van der Waals surface area contributed by atoms with E-state index in [0.717, 1.165) is 18.7 Å². The van der Waals surface area contributed by atoms with E-state index >= 15 is 0 Å². The second-order valence-electron chi connectivity index (χ2n) is 6.66. The first-order valence-corrected chi connectivity index (χ1v) is 9.21. The van der Waals surface area contributed by atoms with Crippen molar-refractivity contribution in [3.8, 4) is 11.1 Å². The number of nitrogens with zero attached hydrogens (tertiary/aromatic N) is 2. The number of benzene rings is 1. The zero-order chi connectivity index (χ0) is 17.1. The van der Waals surface area contributed by atoms with E-state index in [1.807, 2.05) is 12.3 Å². The van der Waals surface area contributed by atoms with Crippen LogP contribution in [-0.4, -0.2) is 9.55 Å². The predicted octanol–water partition coefficient (Wildman–Crippen LogP) is 6.07. The van der Waals surface area contributed by atoms with Crippen molar-refractivity contribution in [1.29, 1.82) is 0 Å². The van der Waals surface area contributed by atoms with Crippen molar-refractivity contribution in [1.82, 2.24) is 9.55 Å². The fourth-order valence-electron chi connectivity index (χ4n) is 3.75. The number of fused-ring (bicyclic) bond motifs is 1. The van der Waals surface area contributed by atoms with Crippen molar-refractivity contribution in [3.05, 3.63) is 53.5 Å². The van der Waals surface area contributed by atoms with E-state index in [1.54, 1.807) is 0 Å². The Morgan fingerprint density at radius 1 is 0.958 bits per heavy atom. The molecule has 0 aliphatic carbocycles. The van der Waals surface area contributed by atoms with Gasteiger partial charge in [0.1, 0.15) is 0 Å². The fraction of sp³-hybridized carbons (Fsp3) is 0.409. The van der Waals surface area contributed by atoms with Crippen molar-refractivity contribution >= 4 is 10.9 Å². The third-order valence-electron chi connectivity index (χ3n) is 5.01. The van der Waals surface area contributed by atoms with Crippen LogP contribution in [0.4, 0.5) is 0 Å². The molecule has 2 nitrogen and oxygen atoms in total. The van der Waals surface area contributed by atoms with Gasteiger partial charge in [-0.05, 0) is 38.3 Å². The first-order chi connectivity index (χ1) is 11.7. The molecule has 0 aliphatic heterocycles. The minimum Gasteiger partial charge on any atom is -0.344 e. The van der Waals surface area contributed by atoms with Crippen LogP contribution in [0.1, 0.15) is 50.1 Å². The average molecular weight is 320 g/mol. The highest BCUT2D eigenvalue weighted by Crippen LogP contribution is 2.35. The Labute approximate surface area is 145 Å². The normalized spacial score (nSPS) is 11.3. The molecule has 0 unspecified atom stereocenters. The lowest BCUT2D eigenvalue weighted by molar-refractivity contribution is 0.634. The van der Waals surface area contributed by atoms with E-state index in [4.69, 9.17) is 0 Å². The molecule has 2 heteroatoms. The highest BCUT2D eigenvalue weighted by molar-refractivity contribution is 5.98. The Bertz CT molecular complexity index is 843. The maximum Gasteiger partial charge on any atom is 0.0565 e. The van der Waals surface area contributed by atoms with Crippen LogP contribution in [0.25, 0.3) is 22.0 Å². The van der Waals surface area contributed by atoms with E-state index < -0.39 is 0 Å².